The molecular weight excluding hydrogens is 271 g/mol. The lowest BCUT2D eigenvalue weighted by Crippen LogP contribution is -2.15. The van der Waals surface area contributed by atoms with E-state index >= 15 is 0 Å². The number of hydrogen-bond donors (Lipinski definition) is 1. The second-order valence-electron chi connectivity index (χ2n) is 5.41. The van der Waals surface area contributed by atoms with Gasteiger partial charge in [0.2, 0.25) is 0 Å². The van der Waals surface area contributed by atoms with Gasteiger partial charge in [0.05, 0.1) is 12.2 Å². The zero-order valence-corrected chi connectivity index (χ0v) is 12.1. The minimum atomic E-state index is -0.339. The summed E-state index contributed by atoms with van der Waals surface area (Å²) in [5, 5.41) is 11.5. The summed E-state index contributed by atoms with van der Waals surface area (Å²) in [5.41, 5.74) is 1.89. The Morgan fingerprint density at radius 3 is 3.10 bits per heavy atom. The topological polar surface area (TPSA) is 52.0 Å². The summed E-state index contributed by atoms with van der Waals surface area (Å²) in [6, 6.07) is 5.49. The van der Waals surface area contributed by atoms with E-state index in [4.69, 9.17) is 4.74 Å². The molecule has 0 amide bonds. The van der Waals surface area contributed by atoms with Crippen LogP contribution in [0.15, 0.2) is 24.4 Å². The second kappa shape index (κ2) is 6.22. The van der Waals surface area contributed by atoms with Gasteiger partial charge in [0, 0.05) is 18.8 Å². The lowest BCUT2D eigenvalue weighted by molar-refractivity contribution is 0.276. The predicted octanol–water partition coefficient (Wildman–Crippen LogP) is 2.06. The highest BCUT2D eigenvalue weighted by atomic mass is 19.1. The van der Waals surface area contributed by atoms with E-state index in [-0.39, 0.29) is 11.6 Å². The van der Waals surface area contributed by atoms with Gasteiger partial charge in [-0.3, -0.25) is 0 Å². The number of nitrogens with one attached hydrogen (secondary N) is 1. The molecule has 1 heterocycles. The molecule has 0 saturated heterocycles. The molecule has 1 aromatic heterocycles. The van der Waals surface area contributed by atoms with Crippen LogP contribution in [0.3, 0.4) is 0 Å². The van der Waals surface area contributed by atoms with Crippen LogP contribution in [0.5, 0.6) is 5.75 Å². The largest absolute Gasteiger partial charge is 0.489 e. The molecule has 21 heavy (non-hydrogen) atoms. The van der Waals surface area contributed by atoms with Gasteiger partial charge in [-0.1, -0.05) is 11.3 Å². The van der Waals surface area contributed by atoms with Crippen molar-refractivity contribution in [3.63, 3.8) is 0 Å². The molecule has 0 radical (unpaired) electrons. The van der Waals surface area contributed by atoms with E-state index in [2.05, 4.69) is 15.6 Å². The number of aromatic nitrogens is 3. The average molecular weight is 290 g/mol. The third-order valence-electron chi connectivity index (χ3n) is 3.40. The molecule has 0 unspecified atom stereocenters. The Hall–Kier alpha value is -1.95. The summed E-state index contributed by atoms with van der Waals surface area (Å²) < 4.78 is 20.7. The normalized spacial score (nSPS) is 14.4. The first-order valence-corrected chi connectivity index (χ1v) is 7.22. The maximum absolute atomic E-state index is 13.5. The molecule has 1 fully saturated rings. The number of aryl methyl sites for hydroxylation is 1. The Morgan fingerprint density at radius 1 is 1.43 bits per heavy atom. The molecular formula is C15H19FN4O. The molecule has 0 bridgehead atoms. The van der Waals surface area contributed by atoms with E-state index in [1.54, 1.807) is 16.8 Å². The minimum Gasteiger partial charge on any atom is -0.489 e. The summed E-state index contributed by atoms with van der Waals surface area (Å²) in [6.45, 7) is 3.56. The quantitative estimate of drug-likeness (QED) is 0.848. The van der Waals surface area contributed by atoms with Crippen LogP contribution in [-0.2, 0) is 13.1 Å². The Balaban J connectivity index is 1.47. The van der Waals surface area contributed by atoms with Gasteiger partial charge in [0.1, 0.15) is 6.61 Å². The van der Waals surface area contributed by atoms with E-state index in [0.717, 1.165) is 17.8 Å². The van der Waals surface area contributed by atoms with Crippen LogP contribution in [0.2, 0.25) is 0 Å². The molecule has 2 aromatic rings. The second-order valence-corrected chi connectivity index (χ2v) is 5.41. The fourth-order valence-electron chi connectivity index (χ4n) is 2.04. The van der Waals surface area contributed by atoms with Gasteiger partial charge < -0.3 is 10.1 Å². The van der Waals surface area contributed by atoms with Gasteiger partial charge in [0.25, 0.3) is 0 Å². The van der Waals surface area contributed by atoms with Crippen molar-refractivity contribution in [2.24, 2.45) is 0 Å². The van der Waals surface area contributed by atoms with Crippen molar-refractivity contribution in [1.29, 1.82) is 0 Å². The van der Waals surface area contributed by atoms with Crippen LogP contribution in [0, 0.1) is 12.7 Å². The van der Waals surface area contributed by atoms with Crippen molar-refractivity contribution >= 4 is 0 Å². The zero-order chi connectivity index (χ0) is 14.7. The van der Waals surface area contributed by atoms with E-state index in [0.29, 0.717) is 19.2 Å². The van der Waals surface area contributed by atoms with Gasteiger partial charge in [-0.05, 0) is 37.5 Å². The van der Waals surface area contributed by atoms with Crippen molar-refractivity contribution in [2.75, 3.05) is 6.61 Å². The molecule has 112 valence electrons. The van der Waals surface area contributed by atoms with Crippen LogP contribution in [-0.4, -0.2) is 27.6 Å². The first-order valence-electron chi connectivity index (χ1n) is 7.22. The van der Waals surface area contributed by atoms with E-state index in [9.17, 15) is 4.39 Å². The van der Waals surface area contributed by atoms with Crippen LogP contribution < -0.4 is 10.1 Å². The summed E-state index contributed by atoms with van der Waals surface area (Å²) in [4.78, 5) is 0. The Labute approximate surface area is 123 Å². The molecule has 0 aliphatic heterocycles. The van der Waals surface area contributed by atoms with Crippen molar-refractivity contribution in [3.8, 4) is 5.75 Å². The number of nitrogens with zero attached hydrogens (tertiary/aromatic N) is 3. The summed E-state index contributed by atoms with van der Waals surface area (Å²) in [5.74, 6) is -0.0562. The van der Waals surface area contributed by atoms with Crippen LogP contribution >= 0.6 is 0 Å². The third kappa shape index (κ3) is 4.01. The fraction of sp³-hybridized carbons (Fsp3) is 0.467. The maximum atomic E-state index is 13.5. The number of rotatable bonds is 7. The van der Waals surface area contributed by atoms with Crippen LogP contribution in [0.1, 0.15) is 24.1 Å². The SMILES string of the molecule is Cc1ccc(F)c(OCCn2cc(CNC3CC3)nn2)c1. The summed E-state index contributed by atoms with van der Waals surface area (Å²) in [6.07, 6.45) is 4.40. The van der Waals surface area contributed by atoms with Crippen LogP contribution in [0.25, 0.3) is 0 Å². The number of ether oxygens (including phenoxy) is 1. The lowest BCUT2D eigenvalue weighted by Gasteiger charge is -2.07. The fourth-order valence-corrected chi connectivity index (χ4v) is 2.04. The van der Waals surface area contributed by atoms with E-state index < -0.39 is 0 Å². The van der Waals surface area contributed by atoms with Crippen molar-refractivity contribution in [3.05, 3.63) is 41.5 Å². The molecule has 1 aliphatic rings. The predicted molar refractivity (Wildman–Crippen MR) is 76.5 cm³/mol. The minimum absolute atomic E-state index is 0.283. The number of hydrogen-bond acceptors (Lipinski definition) is 4. The molecule has 3 rings (SSSR count). The van der Waals surface area contributed by atoms with Crippen molar-refractivity contribution in [1.82, 2.24) is 20.3 Å². The molecule has 0 spiro atoms. The molecule has 1 saturated carbocycles. The van der Waals surface area contributed by atoms with Crippen molar-refractivity contribution < 1.29 is 9.13 Å². The third-order valence-corrected chi connectivity index (χ3v) is 3.40. The monoisotopic (exact) mass is 290 g/mol. The van der Waals surface area contributed by atoms with Gasteiger partial charge in [0.15, 0.2) is 11.6 Å². The molecule has 1 aliphatic carbocycles. The first-order chi connectivity index (χ1) is 10.2. The number of halogens is 1. The Morgan fingerprint density at radius 2 is 2.29 bits per heavy atom. The smallest absolute Gasteiger partial charge is 0.165 e. The van der Waals surface area contributed by atoms with E-state index in [1.807, 2.05) is 13.1 Å². The Kier molecular flexibility index (Phi) is 4.15. The standard InChI is InChI=1S/C15H19FN4O/c1-11-2-5-14(16)15(8-11)21-7-6-20-10-13(18-19-20)9-17-12-3-4-12/h2,5,8,10,12,17H,3-4,6-7,9H2,1H3. The molecule has 6 heteroatoms. The highest BCUT2D eigenvalue weighted by Crippen LogP contribution is 2.19. The first kappa shape index (κ1) is 14.0. The highest BCUT2D eigenvalue weighted by Gasteiger charge is 2.20. The molecule has 1 N–H and O–H groups in total. The van der Waals surface area contributed by atoms with E-state index in [1.165, 1.54) is 18.9 Å². The molecule has 5 nitrogen and oxygen atoms in total. The van der Waals surface area contributed by atoms with Crippen molar-refractivity contribution in [2.45, 2.75) is 38.9 Å². The highest BCUT2D eigenvalue weighted by molar-refractivity contribution is 5.29. The maximum Gasteiger partial charge on any atom is 0.165 e. The summed E-state index contributed by atoms with van der Waals surface area (Å²) >= 11 is 0. The van der Waals surface area contributed by atoms with Gasteiger partial charge in [-0.25, -0.2) is 9.07 Å². The molecule has 1 aromatic carbocycles. The molecule has 0 atom stereocenters. The van der Waals surface area contributed by atoms with Gasteiger partial charge in [-0.15, -0.1) is 5.10 Å². The number of benzene rings is 1. The lowest BCUT2D eigenvalue weighted by atomic mass is 10.2. The van der Waals surface area contributed by atoms with Crippen LogP contribution in [0.4, 0.5) is 4.39 Å². The Bertz CT molecular complexity index is 609. The van der Waals surface area contributed by atoms with Gasteiger partial charge >= 0.3 is 0 Å². The zero-order valence-electron chi connectivity index (χ0n) is 12.1. The summed E-state index contributed by atoms with van der Waals surface area (Å²) in [7, 11) is 0. The van der Waals surface area contributed by atoms with Gasteiger partial charge in [-0.2, -0.15) is 0 Å². The average Bonchev–Trinajstić information content (AvgIpc) is 3.20.